The molecule has 1 amide bonds. The van der Waals surface area contributed by atoms with Crippen LogP contribution in [-0.4, -0.2) is 57.3 Å². The molecule has 0 aliphatic carbocycles. The maximum Gasteiger partial charge on any atom is 0.354 e. The van der Waals surface area contributed by atoms with Gasteiger partial charge in [0.2, 0.25) is 5.91 Å². The molecule has 4 atom stereocenters. The first kappa shape index (κ1) is 15.7. The summed E-state index contributed by atoms with van der Waals surface area (Å²) in [6.07, 6.45) is -0.759. The Bertz CT molecular complexity index is 466. The zero-order valence-electron chi connectivity index (χ0n) is 11.5. The van der Waals surface area contributed by atoms with Crippen molar-refractivity contribution in [3.8, 4) is 0 Å². The van der Waals surface area contributed by atoms with Crippen LogP contribution in [0.5, 0.6) is 0 Å². The Labute approximate surface area is 126 Å². The Kier molecular flexibility index (Phi) is 4.68. The fourth-order valence-electron chi connectivity index (χ4n) is 2.34. The smallest absolute Gasteiger partial charge is 0.354 e. The molecule has 0 saturated carbocycles. The SMILES string of the molecule is CNCC(C)SC1=C(C(=O)O)N2C(=O)C(C(C)O)[C@H]2S1. The zero-order valence-corrected chi connectivity index (χ0v) is 13.1. The first-order valence-electron chi connectivity index (χ1n) is 6.35. The molecular weight excluding hydrogens is 300 g/mol. The van der Waals surface area contributed by atoms with E-state index in [0.717, 1.165) is 6.54 Å². The van der Waals surface area contributed by atoms with Crippen molar-refractivity contribution in [2.45, 2.75) is 30.6 Å². The lowest BCUT2D eigenvalue weighted by atomic mass is 9.92. The fraction of sp³-hybridized carbons (Fsp3) is 0.667. The number of aliphatic hydroxyl groups excluding tert-OH is 1. The van der Waals surface area contributed by atoms with Gasteiger partial charge in [-0.1, -0.05) is 18.7 Å². The number of carbonyl (C=O) groups excluding carboxylic acids is 1. The van der Waals surface area contributed by atoms with E-state index < -0.39 is 18.0 Å². The van der Waals surface area contributed by atoms with Crippen molar-refractivity contribution >= 4 is 35.4 Å². The molecule has 112 valence electrons. The van der Waals surface area contributed by atoms with Gasteiger partial charge in [-0.2, -0.15) is 0 Å². The fourth-order valence-corrected chi connectivity index (χ4v) is 5.59. The maximum absolute atomic E-state index is 12.0. The van der Waals surface area contributed by atoms with Crippen LogP contribution in [-0.2, 0) is 9.59 Å². The van der Waals surface area contributed by atoms with Crippen LogP contribution >= 0.6 is 23.5 Å². The number of nitrogens with zero attached hydrogens (tertiary/aromatic N) is 1. The number of hydrogen-bond donors (Lipinski definition) is 3. The summed E-state index contributed by atoms with van der Waals surface area (Å²) in [7, 11) is 1.84. The Morgan fingerprint density at radius 3 is 2.70 bits per heavy atom. The standard InChI is InChI=1S/C12H18N2O4S2/c1-5(4-13-3)19-12-8(11(17)18)14-9(16)7(6(2)15)10(14)20-12/h5-7,10,13,15H,4H2,1-3H3,(H,17,18)/t5?,6?,7?,10-/m1/s1. The summed E-state index contributed by atoms with van der Waals surface area (Å²) in [5.74, 6) is -1.89. The van der Waals surface area contributed by atoms with E-state index in [9.17, 15) is 19.8 Å². The summed E-state index contributed by atoms with van der Waals surface area (Å²) in [5, 5.41) is 21.9. The van der Waals surface area contributed by atoms with Crippen molar-refractivity contribution in [3.05, 3.63) is 9.93 Å². The van der Waals surface area contributed by atoms with E-state index in [4.69, 9.17) is 0 Å². The van der Waals surface area contributed by atoms with Crippen LogP contribution in [0, 0.1) is 5.92 Å². The van der Waals surface area contributed by atoms with Gasteiger partial charge in [-0.25, -0.2) is 4.79 Å². The van der Waals surface area contributed by atoms with E-state index in [2.05, 4.69) is 5.32 Å². The van der Waals surface area contributed by atoms with Crippen LogP contribution < -0.4 is 5.32 Å². The topological polar surface area (TPSA) is 89.9 Å². The predicted octanol–water partition coefficient (Wildman–Crippen LogP) is 0.493. The van der Waals surface area contributed by atoms with E-state index in [0.29, 0.717) is 4.24 Å². The van der Waals surface area contributed by atoms with Gasteiger partial charge in [0.15, 0.2) is 5.70 Å². The summed E-state index contributed by atoms with van der Waals surface area (Å²) >= 11 is 2.83. The number of amides is 1. The van der Waals surface area contributed by atoms with E-state index in [-0.39, 0.29) is 22.2 Å². The molecule has 0 aromatic rings. The van der Waals surface area contributed by atoms with Crippen LogP contribution in [0.25, 0.3) is 0 Å². The van der Waals surface area contributed by atoms with Crippen molar-refractivity contribution in [1.82, 2.24) is 10.2 Å². The summed E-state index contributed by atoms with van der Waals surface area (Å²) < 4.78 is 0.654. The predicted molar refractivity (Wildman–Crippen MR) is 79.0 cm³/mol. The molecule has 3 unspecified atom stereocenters. The molecule has 3 N–H and O–H groups in total. The molecule has 2 aliphatic heterocycles. The van der Waals surface area contributed by atoms with Gasteiger partial charge < -0.3 is 15.5 Å². The second kappa shape index (κ2) is 5.97. The molecule has 2 rings (SSSR count). The number of aliphatic carboxylic acids is 1. The largest absolute Gasteiger partial charge is 0.477 e. The molecule has 1 fully saturated rings. The first-order valence-corrected chi connectivity index (χ1v) is 8.11. The monoisotopic (exact) mass is 318 g/mol. The second-order valence-corrected chi connectivity index (χ2v) is 7.74. The summed E-state index contributed by atoms with van der Waals surface area (Å²) in [4.78, 5) is 24.7. The lowest BCUT2D eigenvalue weighted by Crippen LogP contribution is -2.60. The highest BCUT2D eigenvalue weighted by Gasteiger charge is 2.57. The van der Waals surface area contributed by atoms with Gasteiger partial charge in [0.1, 0.15) is 5.37 Å². The van der Waals surface area contributed by atoms with Gasteiger partial charge in [-0.05, 0) is 14.0 Å². The van der Waals surface area contributed by atoms with Gasteiger partial charge in [-0.3, -0.25) is 9.69 Å². The molecule has 0 spiro atoms. The third kappa shape index (κ3) is 2.57. The van der Waals surface area contributed by atoms with Gasteiger partial charge in [0.25, 0.3) is 0 Å². The molecule has 0 aromatic heterocycles. The Balaban J connectivity index is 2.19. The Morgan fingerprint density at radius 1 is 1.55 bits per heavy atom. The number of nitrogens with one attached hydrogen (secondary N) is 1. The number of carboxylic acids is 1. The van der Waals surface area contributed by atoms with Crippen molar-refractivity contribution in [2.24, 2.45) is 5.92 Å². The quantitative estimate of drug-likeness (QED) is 0.614. The number of carbonyl (C=O) groups is 2. The molecule has 2 heterocycles. The normalized spacial score (nSPS) is 28.2. The average molecular weight is 318 g/mol. The van der Waals surface area contributed by atoms with Crippen LogP contribution in [0.3, 0.4) is 0 Å². The molecule has 1 saturated heterocycles. The van der Waals surface area contributed by atoms with Gasteiger partial charge >= 0.3 is 5.97 Å². The van der Waals surface area contributed by atoms with Gasteiger partial charge in [0.05, 0.1) is 16.3 Å². The number of rotatable bonds is 6. The third-order valence-corrected chi connectivity index (χ3v) is 5.98. The van der Waals surface area contributed by atoms with E-state index in [1.807, 2.05) is 14.0 Å². The number of hydrogen-bond acceptors (Lipinski definition) is 6. The molecule has 20 heavy (non-hydrogen) atoms. The van der Waals surface area contributed by atoms with E-state index >= 15 is 0 Å². The van der Waals surface area contributed by atoms with Crippen LogP contribution in [0.15, 0.2) is 9.93 Å². The van der Waals surface area contributed by atoms with Crippen LogP contribution in [0.2, 0.25) is 0 Å². The molecular formula is C12H18N2O4S2. The number of thioether (sulfide) groups is 2. The minimum Gasteiger partial charge on any atom is -0.477 e. The van der Waals surface area contributed by atoms with Crippen LogP contribution in [0.1, 0.15) is 13.8 Å². The highest BCUT2D eigenvalue weighted by Crippen LogP contribution is 2.54. The number of aliphatic hydroxyl groups is 1. The van der Waals surface area contributed by atoms with Gasteiger partial charge in [0, 0.05) is 11.8 Å². The van der Waals surface area contributed by atoms with Crippen LogP contribution in [0.4, 0.5) is 0 Å². The minimum atomic E-state index is -1.09. The summed E-state index contributed by atoms with van der Waals surface area (Å²) in [6.45, 7) is 4.31. The van der Waals surface area contributed by atoms with Crippen molar-refractivity contribution in [1.29, 1.82) is 0 Å². The number of β-lactam (4-membered cyclic amide) rings is 1. The minimum absolute atomic E-state index is 0.0647. The first-order chi connectivity index (χ1) is 9.38. The Morgan fingerprint density at radius 2 is 2.20 bits per heavy atom. The molecule has 8 heteroatoms. The molecule has 0 bridgehead atoms. The zero-order chi connectivity index (χ0) is 15.0. The maximum atomic E-state index is 12.0. The highest BCUT2D eigenvalue weighted by molar-refractivity contribution is 8.23. The second-order valence-electron chi connectivity index (χ2n) is 4.91. The van der Waals surface area contributed by atoms with E-state index in [1.165, 1.54) is 28.4 Å². The third-order valence-electron chi connectivity index (χ3n) is 3.27. The van der Waals surface area contributed by atoms with Crippen molar-refractivity contribution in [2.75, 3.05) is 13.6 Å². The highest BCUT2D eigenvalue weighted by atomic mass is 32.2. The lowest BCUT2D eigenvalue weighted by Gasteiger charge is -2.43. The molecule has 6 nitrogen and oxygen atoms in total. The lowest BCUT2D eigenvalue weighted by molar-refractivity contribution is -0.156. The summed E-state index contributed by atoms with van der Waals surface area (Å²) in [6, 6.07) is 0. The molecule has 2 aliphatic rings. The van der Waals surface area contributed by atoms with Crippen molar-refractivity contribution in [3.63, 3.8) is 0 Å². The van der Waals surface area contributed by atoms with Crippen molar-refractivity contribution < 1.29 is 19.8 Å². The number of carboxylic acid groups (broad SMARTS) is 1. The Hall–Kier alpha value is -0.700. The number of fused-ring (bicyclic) bond motifs is 1. The van der Waals surface area contributed by atoms with E-state index in [1.54, 1.807) is 6.92 Å². The van der Waals surface area contributed by atoms with Gasteiger partial charge in [-0.15, -0.1) is 11.8 Å². The average Bonchev–Trinajstić information content (AvgIpc) is 2.63. The summed E-state index contributed by atoms with van der Waals surface area (Å²) in [5.41, 5.74) is 0.0647. The molecule has 0 aromatic carbocycles. The molecule has 0 radical (unpaired) electrons.